The van der Waals surface area contributed by atoms with Gasteiger partial charge in [-0.15, -0.1) is 6.58 Å². The molecule has 0 bridgehead atoms. The van der Waals surface area contributed by atoms with E-state index >= 15 is 0 Å². The molecule has 3 heteroatoms. The van der Waals surface area contributed by atoms with E-state index in [2.05, 4.69) is 27.8 Å². The Hall–Kier alpha value is -1.87. The second kappa shape index (κ2) is 7.06. The second-order valence-electron chi connectivity index (χ2n) is 4.47. The van der Waals surface area contributed by atoms with Crippen molar-refractivity contribution >= 4 is 21.8 Å². The maximum absolute atomic E-state index is 12.3. The highest BCUT2D eigenvalue weighted by Gasteiger charge is 2.14. The van der Waals surface area contributed by atoms with Crippen molar-refractivity contribution in [2.45, 2.75) is 12.5 Å². The fourth-order valence-electron chi connectivity index (χ4n) is 1.97. The summed E-state index contributed by atoms with van der Waals surface area (Å²) in [5.74, 6) is -0.0757. The van der Waals surface area contributed by atoms with Crippen LogP contribution >= 0.6 is 15.9 Å². The van der Waals surface area contributed by atoms with Crippen molar-refractivity contribution in [3.63, 3.8) is 0 Å². The number of amides is 1. The minimum atomic E-state index is -0.0757. The van der Waals surface area contributed by atoms with Gasteiger partial charge in [0.25, 0.3) is 5.91 Å². The summed E-state index contributed by atoms with van der Waals surface area (Å²) in [6, 6.07) is 17.2. The number of nitrogens with one attached hydrogen (secondary N) is 1. The highest BCUT2D eigenvalue weighted by atomic mass is 79.9. The third kappa shape index (κ3) is 3.81. The van der Waals surface area contributed by atoms with E-state index in [4.69, 9.17) is 0 Å². The first-order chi connectivity index (χ1) is 9.70. The number of benzene rings is 2. The third-order valence-electron chi connectivity index (χ3n) is 3.02. The molecule has 0 saturated heterocycles. The SMILES string of the molecule is C=CC[C@@H](NC(=O)c1ccc(Br)cc1)c1ccccc1. The molecule has 2 nitrogen and oxygen atoms in total. The monoisotopic (exact) mass is 329 g/mol. The molecule has 1 amide bonds. The van der Waals surface area contributed by atoms with Crippen molar-refractivity contribution in [1.82, 2.24) is 5.32 Å². The standard InChI is InChI=1S/C17H16BrNO/c1-2-6-16(13-7-4-3-5-8-13)19-17(20)14-9-11-15(18)12-10-14/h2-5,7-12,16H,1,6H2,(H,19,20)/t16-/m1/s1. The summed E-state index contributed by atoms with van der Waals surface area (Å²) in [4.78, 5) is 12.3. The molecule has 2 aromatic rings. The summed E-state index contributed by atoms with van der Waals surface area (Å²) in [6.07, 6.45) is 2.52. The van der Waals surface area contributed by atoms with Gasteiger partial charge >= 0.3 is 0 Å². The van der Waals surface area contributed by atoms with Gasteiger partial charge in [-0.2, -0.15) is 0 Å². The number of rotatable bonds is 5. The fourth-order valence-corrected chi connectivity index (χ4v) is 2.24. The van der Waals surface area contributed by atoms with E-state index in [1.165, 1.54) is 0 Å². The topological polar surface area (TPSA) is 29.1 Å². The van der Waals surface area contributed by atoms with Gasteiger partial charge in [0.1, 0.15) is 0 Å². The average molecular weight is 330 g/mol. The van der Waals surface area contributed by atoms with Crippen LogP contribution < -0.4 is 5.32 Å². The van der Waals surface area contributed by atoms with E-state index in [0.717, 1.165) is 10.0 Å². The van der Waals surface area contributed by atoms with Gasteiger partial charge in [0.15, 0.2) is 0 Å². The van der Waals surface area contributed by atoms with E-state index in [0.29, 0.717) is 12.0 Å². The lowest BCUT2D eigenvalue weighted by atomic mass is 10.0. The Labute approximate surface area is 127 Å². The Morgan fingerprint density at radius 2 is 1.80 bits per heavy atom. The van der Waals surface area contributed by atoms with Crippen LogP contribution in [-0.4, -0.2) is 5.91 Å². The van der Waals surface area contributed by atoms with Gasteiger partial charge in [0.2, 0.25) is 0 Å². The Morgan fingerprint density at radius 1 is 1.15 bits per heavy atom. The lowest BCUT2D eigenvalue weighted by Gasteiger charge is -2.17. The highest BCUT2D eigenvalue weighted by Crippen LogP contribution is 2.18. The number of hydrogen-bond acceptors (Lipinski definition) is 1. The van der Waals surface area contributed by atoms with Crippen LogP contribution in [0.3, 0.4) is 0 Å². The van der Waals surface area contributed by atoms with E-state index in [-0.39, 0.29) is 11.9 Å². The molecule has 0 aliphatic heterocycles. The van der Waals surface area contributed by atoms with Crippen molar-refractivity contribution in [3.8, 4) is 0 Å². The van der Waals surface area contributed by atoms with Crippen LogP contribution in [0.25, 0.3) is 0 Å². The molecule has 0 unspecified atom stereocenters. The van der Waals surface area contributed by atoms with Gasteiger partial charge in [-0.1, -0.05) is 52.3 Å². The molecule has 0 aliphatic carbocycles. The minimum Gasteiger partial charge on any atom is -0.345 e. The maximum Gasteiger partial charge on any atom is 0.251 e. The molecule has 0 heterocycles. The largest absolute Gasteiger partial charge is 0.345 e. The minimum absolute atomic E-state index is 0.0511. The molecule has 20 heavy (non-hydrogen) atoms. The molecular weight excluding hydrogens is 314 g/mol. The second-order valence-corrected chi connectivity index (χ2v) is 5.38. The summed E-state index contributed by atoms with van der Waals surface area (Å²) >= 11 is 3.36. The smallest absolute Gasteiger partial charge is 0.251 e. The lowest BCUT2D eigenvalue weighted by Crippen LogP contribution is -2.28. The van der Waals surface area contributed by atoms with Gasteiger partial charge in [-0.3, -0.25) is 4.79 Å². The molecule has 1 atom stereocenters. The molecule has 0 saturated carbocycles. The van der Waals surface area contributed by atoms with E-state index in [9.17, 15) is 4.79 Å². The molecule has 1 N–H and O–H groups in total. The quantitative estimate of drug-likeness (QED) is 0.804. The molecule has 0 aliphatic rings. The average Bonchev–Trinajstić information content (AvgIpc) is 2.48. The van der Waals surface area contributed by atoms with Gasteiger partial charge in [-0.05, 0) is 36.2 Å². The van der Waals surface area contributed by atoms with E-state index in [1.54, 1.807) is 12.1 Å². The molecule has 2 rings (SSSR count). The van der Waals surface area contributed by atoms with Crippen LogP contribution in [-0.2, 0) is 0 Å². The number of halogens is 1. The first kappa shape index (κ1) is 14.5. The Kier molecular flexibility index (Phi) is 5.13. The van der Waals surface area contributed by atoms with Crippen LogP contribution in [0.4, 0.5) is 0 Å². The molecule has 0 aromatic heterocycles. The van der Waals surface area contributed by atoms with Gasteiger partial charge in [0.05, 0.1) is 6.04 Å². The molecule has 0 spiro atoms. The highest BCUT2D eigenvalue weighted by molar-refractivity contribution is 9.10. The van der Waals surface area contributed by atoms with Gasteiger partial charge in [-0.25, -0.2) is 0 Å². The first-order valence-corrected chi connectivity index (χ1v) is 7.22. The van der Waals surface area contributed by atoms with Gasteiger partial charge < -0.3 is 5.32 Å². The summed E-state index contributed by atoms with van der Waals surface area (Å²) in [5, 5.41) is 3.04. The third-order valence-corrected chi connectivity index (χ3v) is 3.54. The zero-order chi connectivity index (χ0) is 14.4. The maximum atomic E-state index is 12.3. The Morgan fingerprint density at radius 3 is 2.40 bits per heavy atom. The predicted octanol–water partition coefficient (Wildman–Crippen LogP) is 4.50. The Balaban J connectivity index is 2.14. The molecule has 102 valence electrons. The molecule has 2 aromatic carbocycles. The summed E-state index contributed by atoms with van der Waals surface area (Å²) in [6.45, 7) is 3.76. The van der Waals surface area contributed by atoms with Crippen LogP contribution in [0.5, 0.6) is 0 Å². The van der Waals surface area contributed by atoms with Crippen molar-refractivity contribution in [1.29, 1.82) is 0 Å². The molecule has 0 fully saturated rings. The zero-order valence-electron chi connectivity index (χ0n) is 11.1. The van der Waals surface area contributed by atoms with Gasteiger partial charge in [0, 0.05) is 10.0 Å². The van der Waals surface area contributed by atoms with Crippen LogP contribution in [0.1, 0.15) is 28.4 Å². The van der Waals surface area contributed by atoms with E-state index < -0.39 is 0 Å². The zero-order valence-corrected chi connectivity index (χ0v) is 12.6. The normalized spacial score (nSPS) is 11.7. The van der Waals surface area contributed by atoms with Crippen molar-refractivity contribution in [2.24, 2.45) is 0 Å². The molecular formula is C17H16BrNO. The number of carbonyl (C=O) groups excluding carboxylic acids is 1. The predicted molar refractivity (Wildman–Crippen MR) is 85.6 cm³/mol. The number of hydrogen-bond donors (Lipinski definition) is 1. The van der Waals surface area contributed by atoms with Crippen molar-refractivity contribution in [2.75, 3.05) is 0 Å². The summed E-state index contributed by atoms with van der Waals surface area (Å²) in [7, 11) is 0. The Bertz CT molecular complexity index is 578. The van der Waals surface area contributed by atoms with E-state index in [1.807, 2.05) is 48.5 Å². The summed E-state index contributed by atoms with van der Waals surface area (Å²) in [5.41, 5.74) is 1.73. The first-order valence-electron chi connectivity index (χ1n) is 6.43. The van der Waals surface area contributed by atoms with Crippen molar-refractivity contribution in [3.05, 3.63) is 82.9 Å². The molecule has 0 radical (unpaired) electrons. The van der Waals surface area contributed by atoms with Crippen LogP contribution in [0.2, 0.25) is 0 Å². The fraction of sp³-hybridized carbons (Fsp3) is 0.118. The van der Waals surface area contributed by atoms with Crippen LogP contribution in [0, 0.1) is 0 Å². The summed E-state index contributed by atoms with van der Waals surface area (Å²) < 4.78 is 0.958. The van der Waals surface area contributed by atoms with Crippen LogP contribution in [0.15, 0.2) is 71.7 Å². The number of carbonyl (C=O) groups is 1. The van der Waals surface area contributed by atoms with Crippen molar-refractivity contribution < 1.29 is 4.79 Å². The lowest BCUT2D eigenvalue weighted by molar-refractivity contribution is 0.0937.